The van der Waals surface area contributed by atoms with Crippen molar-refractivity contribution >= 4 is 5.91 Å². The highest BCUT2D eigenvalue weighted by Crippen LogP contribution is 2.11. The van der Waals surface area contributed by atoms with Crippen LogP contribution in [0.3, 0.4) is 0 Å². The SMILES string of the molecule is CC(C)CC(N)C(=O)NCC(C)(C)CO. The van der Waals surface area contributed by atoms with Crippen LogP contribution in [0.2, 0.25) is 0 Å². The Morgan fingerprint density at radius 1 is 1.47 bits per heavy atom. The lowest BCUT2D eigenvalue weighted by Crippen LogP contribution is -2.45. The molecule has 4 heteroatoms. The summed E-state index contributed by atoms with van der Waals surface area (Å²) >= 11 is 0. The minimum absolute atomic E-state index is 0.0483. The third-order valence-electron chi connectivity index (χ3n) is 2.23. The molecule has 1 unspecified atom stereocenters. The van der Waals surface area contributed by atoms with Gasteiger partial charge in [-0.15, -0.1) is 0 Å². The Morgan fingerprint density at radius 2 is 2.00 bits per heavy atom. The van der Waals surface area contributed by atoms with Gasteiger partial charge < -0.3 is 16.2 Å². The number of aliphatic hydroxyl groups excluding tert-OH is 1. The maximum Gasteiger partial charge on any atom is 0.236 e. The number of amides is 1. The summed E-state index contributed by atoms with van der Waals surface area (Å²) in [6.07, 6.45) is 0.686. The number of nitrogens with two attached hydrogens (primary N) is 1. The molecule has 0 fully saturated rings. The lowest BCUT2D eigenvalue weighted by atomic mass is 9.94. The van der Waals surface area contributed by atoms with Crippen LogP contribution in [0, 0.1) is 11.3 Å². The van der Waals surface area contributed by atoms with Crippen LogP contribution in [0.15, 0.2) is 0 Å². The Labute approximate surface area is 92.2 Å². The molecule has 0 bridgehead atoms. The van der Waals surface area contributed by atoms with E-state index in [0.717, 1.165) is 0 Å². The van der Waals surface area contributed by atoms with E-state index < -0.39 is 6.04 Å². The zero-order valence-corrected chi connectivity index (χ0v) is 10.2. The molecule has 0 aromatic carbocycles. The van der Waals surface area contributed by atoms with Gasteiger partial charge in [0, 0.05) is 18.6 Å². The van der Waals surface area contributed by atoms with E-state index in [1.54, 1.807) is 0 Å². The molecule has 90 valence electrons. The molecule has 0 rings (SSSR count). The van der Waals surface area contributed by atoms with E-state index in [4.69, 9.17) is 10.8 Å². The molecule has 0 aliphatic rings. The Kier molecular flexibility index (Phi) is 5.83. The molecule has 0 aliphatic heterocycles. The number of carbonyl (C=O) groups excluding carboxylic acids is 1. The van der Waals surface area contributed by atoms with Crippen molar-refractivity contribution in [1.29, 1.82) is 0 Å². The number of carbonyl (C=O) groups is 1. The summed E-state index contributed by atoms with van der Waals surface area (Å²) < 4.78 is 0. The Morgan fingerprint density at radius 3 is 2.40 bits per heavy atom. The number of rotatable bonds is 6. The van der Waals surface area contributed by atoms with Crippen LogP contribution in [-0.2, 0) is 4.79 Å². The molecular formula is C11H24N2O2. The second-order valence-electron chi connectivity index (χ2n) is 5.28. The molecule has 1 amide bonds. The molecule has 1 atom stereocenters. The van der Waals surface area contributed by atoms with Crippen LogP contribution in [0.1, 0.15) is 34.1 Å². The number of aliphatic hydroxyl groups is 1. The highest BCUT2D eigenvalue weighted by molar-refractivity contribution is 5.81. The first-order valence-corrected chi connectivity index (χ1v) is 5.42. The largest absolute Gasteiger partial charge is 0.396 e. The fraction of sp³-hybridized carbons (Fsp3) is 0.909. The van der Waals surface area contributed by atoms with Crippen LogP contribution in [-0.4, -0.2) is 30.2 Å². The predicted molar refractivity (Wildman–Crippen MR) is 61.3 cm³/mol. The van der Waals surface area contributed by atoms with Gasteiger partial charge in [-0.25, -0.2) is 0 Å². The normalized spacial score (nSPS) is 14.1. The van der Waals surface area contributed by atoms with Gasteiger partial charge in [-0.2, -0.15) is 0 Å². The number of nitrogens with one attached hydrogen (secondary N) is 1. The topological polar surface area (TPSA) is 75.4 Å². The average molecular weight is 216 g/mol. The molecule has 0 spiro atoms. The second-order valence-corrected chi connectivity index (χ2v) is 5.28. The molecular weight excluding hydrogens is 192 g/mol. The van der Waals surface area contributed by atoms with Gasteiger partial charge in [0.1, 0.15) is 0 Å². The first-order chi connectivity index (χ1) is 6.78. The van der Waals surface area contributed by atoms with E-state index in [0.29, 0.717) is 18.9 Å². The Hall–Kier alpha value is -0.610. The van der Waals surface area contributed by atoms with Crippen LogP contribution in [0.25, 0.3) is 0 Å². The summed E-state index contributed by atoms with van der Waals surface area (Å²) in [6.45, 7) is 8.35. The van der Waals surface area contributed by atoms with Crippen LogP contribution < -0.4 is 11.1 Å². The maximum absolute atomic E-state index is 11.5. The smallest absolute Gasteiger partial charge is 0.236 e. The molecule has 0 heterocycles. The van der Waals surface area contributed by atoms with Crippen LogP contribution in [0.4, 0.5) is 0 Å². The highest BCUT2D eigenvalue weighted by atomic mass is 16.3. The summed E-state index contributed by atoms with van der Waals surface area (Å²) in [6, 6.07) is -0.445. The molecule has 0 radical (unpaired) electrons. The van der Waals surface area contributed by atoms with E-state index in [1.165, 1.54) is 0 Å². The van der Waals surface area contributed by atoms with Gasteiger partial charge in [-0.05, 0) is 12.3 Å². The molecule has 0 saturated heterocycles. The summed E-state index contributed by atoms with van der Waals surface area (Å²) in [5.41, 5.74) is 5.43. The van der Waals surface area contributed by atoms with Gasteiger partial charge in [-0.1, -0.05) is 27.7 Å². The van der Waals surface area contributed by atoms with Gasteiger partial charge in [0.05, 0.1) is 6.04 Å². The quantitative estimate of drug-likeness (QED) is 0.605. The molecule has 15 heavy (non-hydrogen) atoms. The summed E-state index contributed by atoms with van der Waals surface area (Å²) in [5.74, 6) is 0.279. The minimum atomic E-state index is -0.445. The van der Waals surface area contributed by atoms with E-state index in [2.05, 4.69) is 5.32 Å². The van der Waals surface area contributed by atoms with Crippen molar-refractivity contribution in [1.82, 2.24) is 5.32 Å². The third kappa shape index (κ3) is 6.47. The molecule has 4 nitrogen and oxygen atoms in total. The summed E-state index contributed by atoms with van der Waals surface area (Å²) in [4.78, 5) is 11.5. The van der Waals surface area contributed by atoms with Gasteiger partial charge in [-0.3, -0.25) is 4.79 Å². The van der Waals surface area contributed by atoms with Crippen molar-refractivity contribution in [2.45, 2.75) is 40.2 Å². The van der Waals surface area contributed by atoms with Crippen molar-refractivity contribution in [3.05, 3.63) is 0 Å². The van der Waals surface area contributed by atoms with E-state index in [9.17, 15) is 4.79 Å². The van der Waals surface area contributed by atoms with Crippen molar-refractivity contribution in [3.8, 4) is 0 Å². The number of hydrogen-bond acceptors (Lipinski definition) is 3. The summed E-state index contributed by atoms with van der Waals surface area (Å²) in [7, 11) is 0. The van der Waals surface area contributed by atoms with E-state index >= 15 is 0 Å². The monoisotopic (exact) mass is 216 g/mol. The standard InChI is InChI=1S/C11H24N2O2/c1-8(2)5-9(12)10(15)13-6-11(3,4)7-14/h8-9,14H,5-7,12H2,1-4H3,(H,13,15). The molecule has 0 aromatic heterocycles. The third-order valence-corrected chi connectivity index (χ3v) is 2.23. The van der Waals surface area contributed by atoms with Gasteiger partial charge in [0.2, 0.25) is 5.91 Å². The predicted octanol–water partition coefficient (Wildman–Crippen LogP) is 0.495. The first-order valence-electron chi connectivity index (χ1n) is 5.42. The minimum Gasteiger partial charge on any atom is -0.396 e. The van der Waals surface area contributed by atoms with Gasteiger partial charge >= 0.3 is 0 Å². The first kappa shape index (κ1) is 14.4. The Balaban J connectivity index is 3.93. The van der Waals surface area contributed by atoms with Gasteiger partial charge in [0.15, 0.2) is 0 Å². The van der Waals surface area contributed by atoms with Crippen LogP contribution in [0.5, 0.6) is 0 Å². The molecule has 4 N–H and O–H groups in total. The van der Waals surface area contributed by atoms with E-state index in [-0.39, 0.29) is 17.9 Å². The van der Waals surface area contributed by atoms with Crippen molar-refractivity contribution in [2.24, 2.45) is 17.1 Å². The second kappa shape index (κ2) is 6.08. The van der Waals surface area contributed by atoms with Gasteiger partial charge in [0.25, 0.3) is 0 Å². The maximum atomic E-state index is 11.5. The summed E-state index contributed by atoms with van der Waals surface area (Å²) in [5, 5.41) is 11.8. The van der Waals surface area contributed by atoms with Crippen molar-refractivity contribution in [2.75, 3.05) is 13.2 Å². The van der Waals surface area contributed by atoms with Crippen LogP contribution >= 0.6 is 0 Å². The van der Waals surface area contributed by atoms with Crippen molar-refractivity contribution in [3.63, 3.8) is 0 Å². The molecule has 0 saturated carbocycles. The van der Waals surface area contributed by atoms with Crippen molar-refractivity contribution < 1.29 is 9.90 Å². The average Bonchev–Trinajstić information content (AvgIpc) is 2.13. The zero-order chi connectivity index (χ0) is 12.1. The molecule has 0 aliphatic carbocycles. The number of hydrogen-bond donors (Lipinski definition) is 3. The lowest BCUT2D eigenvalue weighted by Gasteiger charge is -2.23. The van der Waals surface area contributed by atoms with E-state index in [1.807, 2.05) is 27.7 Å². The lowest BCUT2D eigenvalue weighted by molar-refractivity contribution is -0.123. The highest BCUT2D eigenvalue weighted by Gasteiger charge is 2.20. The Bertz CT molecular complexity index is 203. The molecule has 0 aromatic rings. The zero-order valence-electron chi connectivity index (χ0n) is 10.2. The fourth-order valence-electron chi connectivity index (χ4n) is 1.13. The fourth-order valence-corrected chi connectivity index (χ4v) is 1.13.